The van der Waals surface area contributed by atoms with Gasteiger partial charge in [0.1, 0.15) is 0 Å². The molecule has 0 amide bonds. The molecule has 0 aromatic rings. The lowest BCUT2D eigenvalue weighted by Crippen LogP contribution is -2.23. The zero-order valence-corrected chi connectivity index (χ0v) is 12.8. The van der Waals surface area contributed by atoms with Crippen LogP contribution >= 0.6 is 0 Å². The molecule has 3 nitrogen and oxygen atoms in total. The Kier molecular flexibility index (Phi) is 3.78. The lowest BCUT2D eigenvalue weighted by atomic mass is 10.1. The van der Waals surface area contributed by atoms with Crippen LogP contribution in [0.3, 0.4) is 0 Å². The van der Waals surface area contributed by atoms with Crippen LogP contribution in [0.4, 0.5) is 0 Å². The Hall–Kier alpha value is -0.120. The van der Waals surface area contributed by atoms with Gasteiger partial charge in [0.05, 0.1) is 0 Å². The molecule has 6 aliphatic rings. The molecule has 20 heavy (non-hydrogen) atoms. The van der Waals surface area contributed by atoms with Crippen molar-refractivity contribution in [3.05, 3.63) is 0 Å². The first-order valence-electron chi connectivity index (χ1n) is 8.97. The van der Waals surface area contributed by atoms with Crippen LogP contribution in [0.5, 0.6) is 0 Å². The molecule has 3 saturated heterocycles. The topological polar surface area (TPSA) is 36.1 Å². The Morgan fingerprint density at radius 1 is 0.650 bits per heavy atom. The van der Waals surface area contributed by atoms with Crippen LogP contribution < -0.4 is 16.0 Å². The van der Waals surface area contributed by atoms with Crippen LogP contribution in [0.2, 0.25) is 0 Å². The maximum atomic E-state index is 3.38. The van der Waals surface area contributed by atoms with Gasteiger partial charge >= 0.3 is 0 Å². The molecule has 4 unspecified atom stereocenters. The van der Waals surface area contributed by atoms with Gasteiger partial charge in [-0.05, 0) is 100 Å². The van der Waals surface area contributed by atoms with Crippen molar-refractivity contribution in [2.75, 3.05) is 39.3 Å². The summed E-state index contributed by atoms with van der Waals surface area (Å²) in [5.41, 5.74) is 0.833. The fourth-order valence-corrected chi connectivity index (χ4v) is 4.15. The van der Waals surface area contributed by atoms with Crippen molar-refractivity contribution in [3.8, 4) is 0 Å². The first-order chi connectivity index (χ1) is 9.85. The first-order valence-corrected chi connectivity index (χ1v) is 8.97. The first kappa shape index (κ1) is 13.5. The number of hydrogen-bond acceptors (Lipinski definition) is 3. The third-order valence-corrected chi connectivity index (χ3v) is 6.34. The smallest absolute Gasteiger partial charge is 0.000829 e. The average molecular weight is 277 g/mol. The molecule has 3 aliphatic carbocycles. The zero-order valence-electron chi connectivity index (χ0n) is 12.8. The molecule has 6 fully saturated rings. The second kappa shape index (κ2) is 5.58. The molecular formula is C17H31N3. The van der Waals surface area contributed by atoms with Gasteiger partial charge in [0, 0.05) is 6.54 Å². The van der Waals surface area contributed by atoms with Crippen molar-refractivity contribution in [1.29, 1.82) is 0 Å². The molecule has 4 atom stereocenters. The number of fused-ring (bicyclic) bond motifs is 2. The standard InChI is InChI=1S/2C6H11N.C5H9N/c1-2-7-4-6-3-5(1)6;1-2-6(1)3-4-7-5-6;1-4-2-6-3-5(1)4/h5-7H,1-4H2;7H,1-5H2;4-6H,1-3H2. The Morgan fingerprint density at radius 2 is 1.35 bits per heavy atom. The summed E-state index contributed by atoms with van der Waals surface area (Å²) >= 11 is 0. The SMILES string of the molecule is C1CC2(CC2)CN1.C1CC2CC2CN1.C1NCC2CC12. The van der Waals surface area contributed by atoms with Crippen LogP contribution in [0, 0.1) is 29.1 Å². The third kappa shape index (κ3) is 3.37. The van der Waals surface area contributed by atoms with Crippen molar-refractivity contribution < 1.29 is 0 Å². The summed E-state index contributed by atoms with van der Waals surface area (Å²) in [5, 5.41) is 10.1. The van der Waals surface area contributed by atoms with E-state index in [2.05, 4.69) is 16.0 Å². The number of nitrogens with one attached hydrogen (secondary N) is 3. The van der Waals surface area contributed by atoms with Crippen LogP contribution in [-0.2, 0) is 0 Å². The van der Waals surface area contributed by atoms with E-state index in [1.807, 2.05) is 0 Å². The molecule has 114 valence electrons. The second-order valence-electron chi connectivity index (χ2n) is 8.09. The summed E-state index contributed by atoms with van der Waals surface area (Å²) in [6, 6.07) is 0. The highest BCUT2D eigenvalue weighted by Crippen LogP contribution is 2.49. The highest BCUT2D eigenvalue weighted by atomic mass is 14.9. The van der Waals surface area contributed by atoms with E-state index in [1.54, 1.807) is 0 Å². The predicted molar refractivity (Wildman–Crippen MR) is 82.7 cm³/mol. The molecule has 3 saturated carbocycles. The van der Waals surface area contributed by atoms with Gasteiger partial charge in [0.2, 0.25) is 0 Å². The van der Waals surface area contributed by atoms with E-state index in [0.29, 0.717) is 0 Å². The van der Waals surface area contributed by atoms with E-state index < -0.39 is 0 Å². The molecule has 0 bridgehead atoms. The molecule has 3 heterocycles. The van der Waals surface area contributed by atoms with E-state index in [1.165, 1.54) is 77.8 Å². The minimum Gasteiger partial charge on any atom is -0.316 e. The largest absolute Gasteiger partial charge is 0.316 e. The van der Waals surface area contributed by atoms with Crippen molar-refractivity contribution in [3.63, 3.8) is 0 Å². The Balaban J connectivity index is 0.0000000796. The summed E-state index contributed by atoms with van der Waals surface area (Å²) in [4.78, 5) is 0. The summed E-state index contributed by atoms with van der Waals surface area (Å²) in [6.45, 7) is 7.80. The number of hydrogen-bond donors (Lipinski definition) is 3. The van der Waals surface area contributed by atoms with Gasteiger partial charge in [-0.2, -0.15) is 0 Å². The van der Waals surface area contributed by atoms with Crippen molar-refractivity contribution in [1.82, 2.24) is 16.0 Å². The molecule has 3 N–H and O–H groups in total. The van der Waals surface area contributed by atoms with Gasteiger partial charge in [0.15, 0.2) is 0 Å². The quantitative estimate of drug-likeness (QED) is 0.629. The molecule has 3 heteroatoms. The van der Waals surface area contributed by atoms with Crippen LogP contribution in [0.25, 0.3) is 0 Å². The summed E-state index contributed by atoms with van der Waals surface area (Å²) < 4.78 is 0. The zero-order chi connectivity index (χ0) is 13.4. The van der Waals surface area contributed by atoms with Crippen molar-refractivity contribution >= 4 is 0 Å². The summed E-state index contributed by atoms with van der Waals surface area (Å²) in [5.74, 6) is 4.44. The number of piperidine rings is 2. The highest BCUT2D eigenvalue weighted by Gasteiger charge is 2.44. The fourth-order valence-electron chi connectivity index (χ4n) is 4.15. The fraction of sp³-hybridized carbons (Fsp3) is 1.00. The van der Waals surface area contributed by atoms with Crippen LogP contribution in [0.1, 0.15) is 38.5 Å². The van der Waals surface area contributed by atoms with E-state index in [9.17, 15) is 0 Å². The summed E-state index contributed by atoms with van der Waals surface area (Å²) in [6.07, 6.45) is 8.94. The van der Waals surface area contributed by atoms with Gasteiger partial charge in [-0.25, -0.2) is 0 Å². The highest BCUT2D eigenvalue weighted by molar-refractivity contribution is 4.98. The Labute approximate surface area is 123 Å². The average Bonchev–Trinajstić information content (AvgIpc) is 3.41. The van der Waals surface area contributed by atoms with Gasteiger partial charge in [-0.1, -0.05) is 0 Å². The molecule has 0 radical (unpaired) electrons. The van der Waals surface area contributed by atoms with Crippen molar-refractivity contribution in [2.24, 2.45) is 29.1 Å². The van der Waals surface area contributed by atoms with Gasteiger partial charge in [-0.15, -0.1) is 0 Å². The van der Waals surface area contributed by atoms with Gasteiger partial charge < -0.3 is 16.0 Å². The van der Waals surface area contributed by atoms with Crippen LogP contribution in [-0.4, -0.2) is 39.3 Å². The van der Waals surface area contributed by atoms with Gasteiger partial charge in [0.25, 0.3) is 0 Å². The minimum atomic E-state index is 0.833. The second-order valence-corrected chi connectivity index (χ2v) is 8.09. The maximum Gasteiger partial charge on any atom is 0.000829 e. The molecular weight excluding hydrogens is 246 g/mol. The molecule has 0 aromatic heterocycles. The molecule has 3 aliphatic heterocycles. The predicted octanol–water partition coefficient (Wildman–Crippen LogP) is 1.60. The maximum absolute atomic E-state index is 3.38. The van der Waals surface area contributed by atoms with E-state index >= 15 is 0 Å². The summed E-state index contributed by atoms with van der Waals surface area (Å²) in [7, 11) is 0. The lowest BCUT2D eigenvalue weighted by molar-refractivity contribution is 0.497. The monoisotopic (exact) mass is 277 g/mol. The lowest BCUT2D eigenvalue weighted by Gasteiger charge is -2.08. The minimum absolute atomic E-state index is 0.833. The van der Waals surface area contributed by atoms with Crippen molar-refractivity contribution in [2.45, 2.75) is 38.5 Å². The third-order valence-electron chi connectivity index (χ3n) is 6.34. The molecule has 1 spiro atoms. The molecule has 0 aromatic carbocycles. The Morgan fingerprint density at radius 3 is 1.70 bits per heavy atom. The van der Waals surface area contributed by atoms with Crippen LogP contribution in [0.15, 0.2) is 0 Å². The Bertz CT molecular complexity index is 313. The van der Waals surface area contributed by atoms with Gasteiger partial charge in [-0.3, -0.25) is 0 Å². The van der Waals surface area contributed by atoms with E-state index in [0.717, 1.165) is 29.1 Å². The van der Waals surface area contributed by atoms with E-state index in [4.69, 9.17) is 0 Å². The number of rotatable bonds is 0. The van der Waals surface area contributed by atoms with E-state index in [-0.39, 0.29) is 0 Å². The molecule has 6 rings (SSSR count). The normalized spacial score (nSPS) is 44.4.